The maximum atomic E-state index is 11.1. The van der Waals surface area contributed by atoms with E-state index < -0.39 is 0 Å². The van der Waals surface area contributed by atoms with E-state index in [-0.39, 0.29) is 12.1 Å². The number of esters is 1. The molecule has 0 aromatic carbocycles. The summed E-state index contributed by atoms with van der Waals surface area (Å²) >= 11 is 0. The van der Waals surface area contributed by atoms with Crippen LogP contribution in [0.4, 0.5) is 0 Å². The highest BCUT2D eigenvalue weighted by Gasteiger charge is 2.40. The molecule has 0 amide bonds. The van der Waals surface area contributed by atoms with Crippen LogP contribution in [0.3, 0.4) is 0 Å². The van der Waals surface area contributed by atoms with Crippen molar-refractivity contribution in [3.05, 3.63) is 12.7 Å². The van der Waals surface area contributed by atoms with Crippen molar-refractivity contribution < 1.29 is 9.53 Å². The summed E-state index contributed by atoms with van der Waals surface area (Å²) in [5.74, 6) is 1.04. The van der Waals surface area contributed by atoms with E-state index in [1.165, 1.54) is 38.2 Å². The largest absolute Gasteiger partial charge is 0.459 e. The highest BCUT2D eigenvalue weighted by Crippen LogP contribution is 2.43. The van der Waals surface area contributed by atoms with Crippen LogP contribution in [0.5, 0.6) is 0 Å². The summed E-state index contributed by atoms with van der Waals surface area (Å²) in [6.45, 7) is 3.42. The topological polar surface area (TPSA) is 26.3 Å². The van der Waals surface area contributed by atoms with Gasteiger partial charge in [-0.3, -0.25) is 0 Å². The predicted molar refractivity (Wildman–Crippen MR) is 50.1 cm³/mol. The van der Waals surface area contributed by atoms with Gasteiger partial charge in [-0.05, 0) is 37.5 Å². The van der Waals surface area contributed by atoms with E-state index in [1.54, 1.807) is 0 Å². The van der Waals surface area contributed by atoms with E-state index in [0.717, 1.165) is 0 Å². The molecule has 0 aromatic heterocycles. The molecule has 2 aliphatic carbocycles. The normalized spacial score (nSPS) is 37.1. The molecular weight excluding hydrogens is 164 g/mol. The fourth-order valence-corrected chi connectivity index (χ4v) is 2.78. The summed E-state index contributed by atoms with van der Waals surface area (Å²) < 4.78 is 5.37. The average Bonchev–Trinajstić information content (AvgIpc) is 2.41. The zero-order valence-electron chi connectivity index (χ0n) is 7.87. The van der Waals surface area contributed by atoms with E-state index in [0.29, 0.717) is 11.8 Å². The first-order valence-electron chi connectivity index (χ1n) is 5.14. The van der Waals surface area contributed by atoms with Crippen molar-refractivity contribution >= 4 is 5.97 Å². The summed E-state index contributed by atoms with van der Waals surface area (Å²) in [5.41, 5.74) is 0. The zero-order valence-corrected chi connectivity index (χ0v) is 7.87. The van der Waals surface area contributed by atoms with Gasteiger partial charge in [-0.2, -0.15) is 0 Å². The molecule has 0 aromatic rings. The van der Waals surface area contributed by atoms with Crippen LogP contribution in [-0.2, 0) is 9.53 Å². The van der Waals surface area contributed by atoms with Crippen LogP contribution in [0.2, 0.25) is 0 Å². The summed E-state index contributed by atoms with van der Waals surface area (Å²) in [7, 11) is 0. The van der Waals surface area contributed by atoms with Crippen LogP contribution in [0, 0.1) is 11.8 Å². The van der Waals surface area contributed by atoms with Gasteiger partial charge in [0.25, 0.3) is 0 Å². The minimum atomic E-state index is -0.246. The number of ether oxygens (including phenoxy) is 1. The second-order valence-corrected chi connectivity index (χ2v) is 4.13. The minimum Gasteiger partial charge on any atom is -0.459 e. The number of carbonyl (C=O) groups is 1. The molecular formula is C11H16O2. The molecule has 0 aliphatic heterocycles. The van der Waals surface area contributed by atoms with Gasteiger partial charge in [0.15, 0.2) is 0 Å². The van der Waals surface area contributed by atoms with Crippen molar-refractivity contribution in [2.75, 3.05) is 0 Å². The highest BCUT2D eigenvalue weighted by molar-refractivity contribution is 5.81. The quantitative estimate of drug-likeness (QED) is 0.481. The lowest BCUT2D eigenvalue weighted by Crippen LogP contribution is -2.30. The third kappa shape index (κ3) is 1.62. The molecule has 2 rings (SSSR count). The predicted octanol–water partition coefficient (Wildman–Crippen LogP) is 2.29. The van der Waals surface area contributed by atoms with Crippen molar-refractivity contribution in [1.82, 2.24) is 0 Å². The average molecular weight is 180 g/mol. The van der Waals surface area contributed by atoms with E-state index in [1.807, 2.05) is 0 Å². The molecule has 0 saturated heterocycles. The SMILES string of the molecule is C=CC(=O)OC1C2CCCC1CC2. The summed E-state index contributed by atoms with van der Waals surface area (Å²) in [6.07, 6.45) is 7.78. The van der Waals surface area contributed by atoms with Gasteiger partial charge in [0.05, 0.1) is 0 Å². The standard InChI is InChI=1S/C11H16O2/c1-2-10(12)13-11-8-4-3-5-9(11)7-6-8/h2,8-9,11H,1,3-7H2. The number of hydrogen-bond donors (Lipinski definition) is 0. The fourth-order valence-electron chi connectivity index (χ4n) is 2.78. The van der Waals surface area contributed by atoms with Crippen molar-refractivity contribution in [3.8, 4) is 0 Å². The maximum Gasteiger partial charge on any atom is 0.330 e. The fraction of sp³-hybridized carbons (Fsp3) is 0.727. The Hall–Kier alpha value is -0.790. The first kappa shape index (κ1) is 8.79. The van der Waals surface area contributed by atoms with Crippen molar-refractivity contribution in [2.24, 2.45) is 11.8 Å². The molecule has 2 unspecified atom stereocenters. The smallest absolute Gasteiger partial charge is 0.330 e. The molecule has 72 valence electrons. The van der Waals surface area contributed by atoms with E-state index in [2.05, 4.69) is 6.58 Å². The third-order valence-corrected chi connectivity index (χ3v) is 3.41. The maximum absolute atomic E-state index is 11.1. The number of carbonyl (C=O) groups excluding carboxylic acids is 1. The Morgan fingerprint density at radius 3 is 2.38 bits per heavy atom. The van der Waals surface area contributed by atoms with Gasteiger partial charge in [0.2, 0.25) is 0 Å². The molecule has 0 heterocycles. The molecule has 0 spiro atoms. The van der Waals surface area contributed by atoms with Crippen LogP contribution in [-0.4, -0.2) is 12.1 Å². The molecule has 2 nitrogen and oxygen atoms in total. The zero-order chi connectivity index (χ0) is 9.26. The van der Waals surface area contributed by atoms with Gasteiger partial charge in [-0.1, -0.05) is 13.0 Å². The van der Waals surface area contributed by atoms with Crippen LogP contribution in [0.1, 0.15) is 32.1 Å². The first-order chi connectivity index (χ1) is 6.31. The third-order valence-electron chi connectivity index (χ3n) is 3.41. The molecule has 2 aliphatic rings. The summed E-state index contributed by atoms with van der Waals surface area (Å²) in [5, 5.41) is 0. The van der Waals surface area contributed by atoms with Gasteiger partial charge in [-0.25, -0.2) is 4.79 Å². The number of hydrogen-bond acceptors (Lipinski definition) is 2. The van der Waals surface area contributed by atoms with E-state index >= 15 is 0 Å². The van der Waals surface area contributed by atoms with Crippen LogP contribution in [0.25, 0.3) is 0 Å². The summed E-state index contributed by atoms with van der Waals surface area (Å²) in [6, 6.07) is 0. The lowest BCUT2D eigenvalue weighted by Gasteiger charge is -2.29. The molecule has 0 N–H and O–H groups in total. The summed E-state index contributed by atoms with van der Waals surface area (Å²) in [4.78, 5) is 11.1. The highest BCUT2D eigenvalue weighted by atomic mass is 16.5. The van der Waals surface area contributed by atoms with Crippen LogP contribution < -0.4 is 0 Å². The molecule has 2 heteroatoms. The lowest BCUT2D eigenvalue weighted by molar-refractivity contribution is -0.148. The Labute approximate surface area is 79.0 Å². The van der Waals surface area contributed by atoms with Gasteiger partial charge in [0, 0.05) is 6.08 Å². The first-order valence-corrected chi connectivity index (χ1v) is 5.14. The van der Waals surface area contributed by atoms with E-state index in [4.69, 9.17) is 4.74 Å². The Kier molecular flexibility index (Phi) is 2.38. The Bertz CT molecular complexity index is 206. The Balaban J connectivity index is 1.98. The minimum absolute atomic E-state index is 0.208. The van der Waals surface area contributed by atoms with Gasteiger partial charge in [-0.15, -0.1) is 0 Å². The van der Waals surface area contributed by atoms with Crippen molar-refractivity contribution in [3.63, 3.8) is 0 Å². The van der Waals surface area contributed by atoms with Crippen molar-refractivity contribution in [2.45, 2.75) is 38.2 Å². The Morgan fingerprint density at radius 2 is 1.85 bits per heavy atom. The second kappa shape index (κ2) is 3.52. The van der Waals surface area contributed by atoms with Crippen molar-refractivity contribution in [1.29, 1.82) is 0 Å². The molecule has 2 atom stereocenters. The molecule has 2 saturated carbocycles. The van der Waals surface area contributed by atoms with Crippen LogP contribution >= 0.6 is 0 Å². The van der Waals surface area contributed by atoms with Gasteiger partial charge >= 0.3 is 5.97 Å². The van der Waals surface area contributed by atoms with Gasteiger partial charge in [0.1, 0.15) is 6.10 Å². The molecule has 2 bridgehead atoms. The number of rotatable bonds is 2. The molecule has 2 fully saturated rings. The van der Waals surface area contributed by atoms with Gasteiger partial charge < -0.3 is 4.74 Å². The lowest BCUT2D eigenvalue weighted by atomic mass is 9.86. The number of fused-ring (bicyclic) bond motifs is 2. The second-order valence-electron chi connectivity index (χ2n) is 4.13. The Morgan fingerprint density at radius 1 is 1.23 bits per heavy atom. The van der Waals surface area contributed by atoms with E-state index in [9.17, 15) is 4.79 Å². The molecule has 0 radical (unpaired) electrons. The molecule has 13 heavy (non-hydrogen) atoms. The monoisotopic (exact) mass is 180 g/mol. The van der Waals surface area contributed by atoms with Crippen LogP contribution in [0.15, 0.2) is 12.7 Å².